The van der Waals surface area contributed by atoms with Crippen LogP contribution in [0.15, 0.2) is 32.5 Å². The van der Waals surface area contributed by atoms with E-state index in [1.807, 2.05) is 0 Å². The van der Waals surface area contributed by atoms with Crippen LogP contribution in [0.5, 0.6) is 0 Å². The van der Waals surface area contributed by atoms with Crippen LogP contribution in [-0.2, 0) is 20.2 Å². The molecule has 0 aliphatic carbocycles. The van der Waals surface area contributed by atoms with Gasteiger partial charge in [0.05, 0.1) is 4.90 Å². The van der Waals surface area contributed by atoms with Crippen molar-refractivity contribution in [3.63, 3.8) is 0 Å². The summed E-state index contributed by atoms with van der Waals surface area (Å²) in [6.07, 6.45) is 0. The topological polar surface area (TPSA) is 109 Å². The van der Waals surface area contributed by atoms with Crippen molar-refractivity contribution in [2.45, 2.75) is 9.79 Å². The predicted molar refractivity (Wildman–Crippen MR) is 53.8 cm³/mol. The second-order valence-corrected chi connectivity index (χ2v) is 6.21. The van der Waals surface area contributed by atoms with Gasteiger partial charge < -0.3 is 0 Å². The zero-order valence-electron chi connectivity index (χ0n) is 6.95. The van der Waals surface area contributed by atoms with Crippen molar-refractivity contribution in [2.24, 2.45) is 0 Å². The molecule has 1 aromatic carbocycles. The van der Waals surface area contributed by atoms with Gasteiger partial charge in [0.15, 0.2) is 0 Å². The summed E-state index contributed by atoms with van der Waals surface area (Å²) in [6, 6.07) is 2.60. The summed E-state index contributed by atoms with van der Waals surface area (Å²) in [4.78, 5) is -0.948. The molecule has 0 bridgehead atoms. The second-order valence-electron chi connectivity index (χ2n) is 2.54. The van der Waals surface area contributed by atoms with Crippen molar-refractivity contribution in [3.05, 3.63) is 22.7 Å². The fourth-order valence-electron chi connectivity index (χ4n) is 0.851. The highest BCUT2D eigenvalue weighted by Crippen LogP contribution is 2.24. The lowest BCUT2D eigenvalue weighted by Crippen LogP contribution is -2.02. The molecule has 0 amide bonds. The van der Waals surface area contributed by atoms with Crippen LogP contribution in [-0.4, -0.2) is 25.9 Å². The van der Waals surface area contributed by atoms with Crippen LogP contribution in [0.4, 0.5) is 0 Å². The molecule has 1 aromatic rings. The number of hydrogen-bond donors (Lipinski definition) is 2. The smallest absolute Gasteiger partial charge is 0.282 e. The molecular formula is C6H5BrO6S2. The number of halogens is 1. The summed E-state index contributed by atoms with van der Waals surface area (Å²) in [6.45, 7) is 0. The fourth-order valence-corrected chi connectivity index (χ4v) is 3.05. The Morgan fingerprint density at radius 3 is 1.87 bits per heavy atom. The van der Waals surface area contributed by atoms with Crippen LogP contribution >= 0.6 is 15.9 Å². The molecule has 6 nitrogen and oxygen atoms in total. The fraction of sp³-hybridized carbons (Fsp3) is 0. The summed E-state index contributed by atoms with van der Waals surface area (Å²) in [5.74, 6) is 0. The normalized spacial score (nSPS) is 12.7. The van der Waals surface area contributed by atoms with Crippen molar-refractivity contribution in [1.29, 1.82) is 0 Å². The lowest BCUT2D eigenvalue weighted by molar-refractivity contribution is 0.478. The molecule has 0 heterocycles. The molecular weight excluding hydrogens is 312 g/mol. The summed E-state index contributed by atoms with van der Waals surface area (Å²) in [7, 11) is -8.81. The average molecular weight is 317 g/mol. The first kappa shape index (κ1) is 12.6. The van der Waals surface area contributed by atoms with Gasteiger partial charge in [-0.05, 0) is 34.1 Å². The van der Waals surface area contributed by atoms with E-state index >= 15 is 0 Å². The second kappa shape index (κ2) is 3.83. The zero-order chi connectivity index (χ0) is 11.9. The Bertz CT molecular complexity index is 588. The highest BCUT2D eigenvalue weighted by atomic mass is 79.9. The van der Waals surface area contributed by atoms with Crippen LogP contribution in [0.3, 0.4) is 0 Å². The quantitative estimate of drug-likeness (QED) is 0.786. The van der Waals surface area contributed by atoms with Crippen molar-refractivity contribution in [2.75, 3.05) is 0 Å². The van der Waals surface area contributed by atoms with Gasteiger partial charge in [-0.15, -0.1) is 0 Å². The first-order chi connectivity index (χ1) is 6.62. The monoisotopic (exact) mass is 316 g/mol. The predicted octanol–water partition coefficient (Wildman–Crippen LogP) is 0.943. The number of benzene rings is 1. The average Bonchev–Trinajstić information content (AvgIpc) is 1.99. The van der Waals surface area contributed by atoms with Gasteiger partial charge in [0.1, 0.15) is 4.90 Å². The highest BCUT2D eigenvalue weighted by Gasteiger charge is 2.17. The molecule has 0 fully saturated rings. The Balaban J connectivity index is 3.47. The molecule has 0 spiro atoms. The van der Waals surface area contributed by atoms with Crippen molar-refractivity contribution in [3.8, 4) is 0 Å². The summed E-state index contributed by atoms with van der Waals surface area (Å²) < 4.78 is 60.0. The third-order valence-corrected chi connectivity index (χ3v) is 4.16. The van der Waals surface area contributed by atoms with E-state index in [1.165, 1.54) is 0 Å². The van der Waals surface area contributed by atoms with Crippen LogP contribution in [0.1, 0.15) is 0 Å². The first-order valence-corrected chi connectivity index (χ1v) is 7.04. The van der Waals surface area contributed by atoms with E-state index < -0.39 is 30.0 Å². The molecule has 0 aliphatic rings. The highest BCUT2D eigenvalue weighted by molar-refractivity contribution is 9.10. The maximum atomic E-state index is 10.7. The third-order valence-electron chi connectivity index (χ3n) is 1.48. The molecule has 0 radical (unpaired) electrons. The first-order valence-electron chi connectivity index (χ1n) is 3.37. The Morgan fingerprint density at radius 1 is 1.00 bits per heavy atom. The molecule has 1 rings (SSSR count). The van der Waals surface area contributed by atoms with Crippen molar-refractivity contribution in [1.82, 2.24) is 0 Å². The van der Waals surface area contributed by atoms with Gasteiger partial charge in [0.25, 0.3) is 20.2 Å². The summed E-state index contributed by atoms with van der Waals surface area (Å²) in [5, 5.41) is 0. The lowest BCUT2D eigenvalue weighted by Gasteiger charge is -2.02. The van der Waals surface area contributed by atoms with Gasteiger partial charge in [0.2, 0.25) is 0 Å². The van der Waals surface area contributed by atoms with Gasteiger partial charge in [0, 0.05) is 4.47 Å². The Hall–Kier alpha value is -0.480. The van der Waals surface area contributed by atoms with Crippen molar-refractivity contribution < 1.29 is 25.9 Å². The van der Waals surface area contributed by atoms with Gasteiger partial charge in [-0.1, -0.05) is 0 Å². The maximum absolute atomic E-state index is 10.7. The van der Waals surface area contributed by atoms with Gasteiger partial charge in [-0.3, -0.25) is 9.11 Å². The van der Waals surface area contributed by atoms with E-state index in [0.29, 0.717) is 0 Å². The van der Waals surface area contributed by atoms with E-state index in [-0.39, 0.29) is 4.47 Å². The summed E-state index contributed by atoms with van der Waals surface area (Å²) in [5.41, 5.74) is 0. The van der Waals surface area contributed by atoms with Gasteiger partial charge in [-0.2, -0.15) is 16.8 Å². The van der Waals surface area contributed by atoms with E-state index in [4.69, 9.17) is 9.11 Å². The van der Waals surface area contributed by atoms with E-state index in [0.717, 1.165) is 18.2 Å². The SMILES string of the molecule is O=S(=O)(O)c1ccc(S(=O)(=O)O)c(Br)c1. The van der Waals surface area contributed by atoms with E-state index in [2.05, 4.69) is 15.9 Å². The zero-order valence-corrected chi connectivity index (χ0v) is 10.2. The molecule has 15 heavy (non-hydrogen) atoms. The lowest BCUT2D eigenvalue weighted by atomic mass is 10.4. The van der Waals surface area contributed by atoms with E-state index in [9.17, 15) is 16.8 Å². The molecule has 0 atom stereocenters. The Labute approximate surface area is 94.6 Å². The molecule has 0 aromatic heterocycles. The van der Waals surface area contributed by atoms with Crippen LogP contribution in [0.2, 0.25) is 0 Å². The Morgan fingerprint density at radius 2 is 1.53 bits per heavy atom. The molecule has 0 aliphatic heterocycles. The minimum atomic E-state index is -4.42. The molecule has 9 heteroatoms. The molecule has 0 saturated carbocycles. The van der Waals surface area contributed by atoms with Gasteiger partial charge in [-0.25, -0.2) is 0 Å². The minimum Gasteiger partial charge on any atom is -0.282 e. The number of rotatable bonds is 2. The molecule has 2 N–H and O–H groups in total. The van der Waals surface area contributed by atoms with Crippen LogP contribution < -0.4 is 0 Å². The van der Waals surface area contributed by atoms with E-state index in [1.54, 1.807) is 0 Å². The Kier molecular flexibility index (Phi) is 3.22. The van der Waals surface area contributed by atoms with Gasteiger partial charge >= 0.3 is 0 Å². The summed E-state index contributed by atoms with van der Waals surface area (Å²) >= 11 is 2.76. The van der Waals surface area contributed by atoms with Crippen molar-refractivity contribution >= 4 is 36.2 Å². The standard InChI is InChI=1S/C6H5BrO6S2/c7-5-3-4(14(8,9)10)1-2-6(5)15(11,12)13/h1-3H,(H,8,9,10)(H,11,12,13). The number of hydrogen-bond acceptors (Lipinski definition) is 4. The third kappa shape index (κ3) is 2.98. The minimum absolute atomic E-state index is 0.153. The van der Waals surface area contributed by atoms with Crippen LogP contribution in [0.25, 0.3) is 0 Å². The van der Waals surface area contributed by atoms with Crippen LogP contribution in [0, 0.1) is 0 Å². The maximum Gasteiger partial charge on any atom is 0.295 e. The molecule has 0 saturated heterocycles. The largest absolute Gasteiger partial charge is 0.295 e. The molecule has 0 unspecified atom stereocenters. The molecule has 84 valence electrons.